The van der Waals surface area contributed by atoms with Gasteiger partial charge in [-0.3, -0.25) is 24.1 Å². The first-order valence-electron chi connectivity index (χ1n) is 14.6. The minimum absolute atomic E-state index is 0.115. The molecule has 44 heavy (non-hydrogen) atoms. The Morgan fingerprint density at radius 3 is 2.34 bits per heavy atom. The standard InChI is InChI=1S/C33H41N5O5S/c1-33(2,3)37-32(43)27-19-44-20-38(27)18-28(39)25(15-21-9-5-4-6-10-21)35-31(42)26(17-29(34)40)36-30(41)24-14-13-22-11-7-8-12-23(22)16-24/h4-14,16,25-28,39H,15,17-20H2,1-3H3,(H2,34,40)(H,35,42)(H,36,41)(H,37,43)/t25-,26-,27-,28+/m0/s1. The third-order valence-corrected chi connectivity index (χ3v) is 8.39. The molecular weight excluding hydrogens is 578 g/mol. The van der Waals surface area contributed by atoms with Crippen LogP contribution >= 0.6 is 11.8 Å². The molecule has 0 bridgehead atoms. The van der Waals surface area contributed by atoms with Gasteiger partial charge in [0.2, 0.25) is 17.7 Å². The molecule has 0 aromatic heterocycles. The van der Waals surface area contributed by atoms with Crippen molar-refractivity contribution in [3.63, 3.8) is 0 Å². The summed E-state index contributed by atoms with van der Waals surface area (Å²) in [5, 5.41) is 21.8. The van der Waals surface area contributed by atoms with E-state index in [4.69, 9.17) is 5.73 Å². The maximum atomic E-state index is 13.6. The van der Waals surface area contributed by atoms with Crippen LogP contribution in [0.2, 0.25) is 0 Å². The summed E-state index contributed by atoms with van der Waals surface area (Å²) in [6, 6.07) is 19.7. The van der Waals surface area contributed by atoms with Crippen molar-refractivity contribution < 1.29 is 24.3 Å². The Kier molecular flexibility index (Phi) is 11.0. The molecule has 1 fully saturated rings. The molecule has 0 unspecified atom stereocenters. The summed E-state index contributed by atoms with van der Waals surface area (Å²) in [6.07, 6.45) is -1.19. The fourth-order valence-electron chi connectivity index (χ4n) is 5.14. The number of nitrogens with zero attached hydrogens (tertiary/aromatic N) is 1. The van der Waals surface area contributed by atoms with Gasteiger partial charge in [-0.25, -0.2) is 0 Å². The smallest absolute Gasteiger partial charge is 0.251 e. The second-order valence-electron chi connectivity index (χ2n) is 12.2. The summed E-state index contributed by atoms with van der Waals surface area (Å²) in [5.41, 5.74) is 6.27. The normalized spacial score (nSPS) is 17.4. The third-order valence-electron chi connectivity index (χ3n) is 7.33. The first-order valence-corrected chi connectivity index (χ1v) is 15.8. The van der Waals surface area contributed by atoms with Crippen LogP contribution in [0, 0.1) is 0 Å². The molecule has 1 saturated heterocycles. The van der Waals surface area contributed by atoms with Gasteiger partial charge in [0.15, 0.2) is 0 Å². The van der Waals surface area contributed by atoms with Crippen LogP contribution in [-0.4, -0.2) is 81.6 Å². The van der Waals surface area contributed by atoms with Gasteiger partial charge in [0.05, 0.1) is 24.6 Å². The fourth-order valence-corrected chi connectivity index (χ4v) is 6.35. The average molecular weight is 620 g/mol. The van der Waals surface area contributed by atoms with Gasteiger partial charge in [0.1, 0.15) is 6.04 Å². The lowest BCUT2D eigenvalue weighted by Gasteiger charge is -2.32. The number of nitrogens with one attached hydrogen (secondary N) is 3. The zero-order valence-electron chi connectivity index (χ0n) is 25.3. The highest BCUT2D eigenvalue weighted by Gasteiger charge is 2.36. The van der Waals surface area contributed by atoms with Gasteiger partial charge in [-0.15, -0.1) is 11.8 Å². The molecule has 0 radical (unpaired) electrons. The van der Waals surface area contributed by atoms with Crippen molar-refractivity contribution in [2.45, 2.75) is 63.4 Å². The number of benzene rings is 3. The van der Waals surface area contributed by atoms with Crippen LogP contribution in [0.3, 0.4) is 0 Å². The van der Waals surface area contributed by atoms with Crippen molar-refractivity contribution in [1.29, 1.82) is 0 Å². The Morgan fingerprint density at radius 1 is 0.977 bits per heavy atom. The van der Waals surface area contributed by atoms with Crippen LogP contribution in [-0.2, 0) is 20.8 Å². The van der Waals surface area contributed by atoms with Gasteiger partial charge in [-0.2, -0.15) is 0 Å². The fraction of sp³-hybridized carbons (Fsp3) is 0.394. The van der Waals surface area contributed by atoms with E-state index >= 15 is 0 Å². The van der Waals surface area contributed by atoms with Crippen molar-refractivity contribution in [2.75, 3.05) is 18.2 Å². The summed E-state index contributed by atoms with van der Waals surface area (Å²) >= 11 is 1.60. The zero-order valence-corrected chi connectivity index (χ0v) is 26.1. The van der Waals surface area contributed by atoms with Gasteiger partial charge >= 0.3 is 0 Å². The molecule has 11 heteroatoms. The Bertz CT molecular complexity index is 1480. The second kappa shape index (κ2) is 14.7. The molecule has 0 saturated carbocycles. The van der Waals surface area contributed by atoms with E-state index in [1.54, 1.807) is 23.9 Å². The molecule has 1 aliphatic heterocycles. The Hall–Kier alpha value is -3.93. The van der Waals surface area contributed by atoms with E-state index < -0.39 is 53.9 Å². The highest BCUT2D eigenvalue weighted by atomic mass is 32.2. The maximum Gasteiger partial charge on any atom is 0.251 e. The minimum Gasteiger partial charge on any atom is -0.390 e. The molecule has 6 N–H and O–H groups in total. The zero-order chi connectivity index (χ0) is 31.9. The Labute approximate surface area is 262 Å². The molecule has 234 valence electrons. The molecule has 4 rings (SSSR count). The monoisotopic (exact) mass is 619 g/mol. The largest absolute Gasteiger partial charge is 0.390 e. The van der Waals surface area contributed by atoms with Crippen molar-refractivity contribution in [3.8, 4) is 0 Å². The van der Waals surface area contributed by atoms with E-state index in [1.165, 1.54) is 0 Å². The number of hydrogen-bond acceptors (Lipinski definition) is 7. The molecule has 4 amide bonds. The van der Waals surface area contributed by atoms with E-state index in [-0.39, 0.29) is 18.9 Å². The number of amides is 4. The van der Waals surface area contributed by atoms with E-state index in [9.17, 15) is 24.3 Å². The average Bonchev–Trinajstić information content (AvgIpc) is 3.44. The lowest BCUT2D eigenvalue weighted by Crippen LogP contribution is -2.57. The summed E-state index contributed by atoms with van der Waals surface area (Å²) in [4.78, 5) is 53.6. The number of nitrogens with two attached hydrogens (primary N) is 1. The van der Waals surface area contributed by atoms with E-state index in [1.807, 2.05) is 86.3 Å². The van der Waals surface area contributed by atoms with E-state index in [0.29, 0.717) is 17.2 Å². The number of fused-ring (bicyclic) bond motifs is 1. The maximum absolute atomic E-state index is 13.6. The van der Waals surface area contributed by atoms with Gasteiger partial charge < -0.3 is 26.8 Å². The number of rotatable bonds is 12. The molecule has 0 spiro atoms. The predicted octanol–water partition coefficient (Wildman–Crippen LogP) is 2.19. The lowest BCUT2D eigenvalue weighted by atomic mass is 9.99. The number of aliphatic hydroxyl groups is 1. The van der Waals surface area contributed by atoms with Crippen LogP contribution in [0.4, 0.5) is 0 Å². The van der Waals surface area contributed by atoms with Crippen molar-refractivity contribution >= 4 is 46.2 Å². The Balaban J connectivity index is 1.50. The summed E-state index contributed by atoms with van der Waals surface area (Å²) in [7, 11) is 0. The van der Waals surface area contributed by atoms with Crippen LogP contribution in [0.1, 0.15) is 43.1 Å². The Morgan fingerprint density at radius 2 is 1.66 bits per heavy atom. The minimum atomic E-state index is -1.26. The van der Waals surface area contributed by atoms with Crippen LogP contribution in [0.25, 0.3) is 10.8 Å². The molecule has 1 aliphatic rings. The quantitative estimate of drug-likeness (QED) is 0.208. The first-order chi connectivity index (χ1) is 20.9. The van der Waals surface area contributed by atoms with Crippen LogP contribution < -0.4 is 21.7 Å². The van der Waals surface area contributed by atoms with Gasteiger partial charge in [-0.1, -0.05) is 60.7 Å². The molecule has 3 aromatic carbocycles. The van der Waals surface area contributed by atoms with E-state index in [2.05, 4.69) is 16.0 Å². The molecule has 0 aliphatic carbocycles. The highest BCUT2D eigenvalue weighted by molar-refractivity contribution is 7.99. The molecule has 10 nitrogen and oxygen atoms in total. The summed E-state index contributed by atoms with van der Waals surface area (Å²) < 4.78 is 0. The lowest BCUT2D eigenvalue weighted by molar-refractivity contribution is -0.129. The van der Waals surface area contributed by atoms with Crippen molar-refractivity contribution in [3.05, 3.63) is 83.9 Å². The molecular formula is C33H41N5O5S. The number of primary amides is 1. The first kappa shape index (κ1) is 33.0. The molecule has 3 aromatic rings. The van der Waals surface area contributed by atoms with Crippen LogP contribution in [0.15, 0.2) is 72.8 Å². The van der Waals surface area contributed by atoms with Gasteiger partial charge in [0, 0.05) is 29.3 Å². The SMILES string of the molecule is CC(C)(C)NC(=O)[C@@H]1CSCN1C[C@@H](O)[C@H](Cc1ccccc1)NC(=O)[C@H](CC(N)=O)NC(=O)c1ccc2ccccc2c1. The third kappa shape index (κ3) is 9.28. The van der Waals surface area contributed by atoms with Crippen molar-refractivity contribution in [1.82, 2.24) is 20.9 Å². The van der Waals surface area contributed by atoms with Gasteiger partial charge in [-0.05, 0) is 55.7 Å². The number of aliphatic hydroxyl groups excluding tert-OH is 1. The van der Waals surface area contributed by atoms with E-state index in [0.717, 1.165) is 16.3 Å². The number of thioether (sulfide) groups is 1. The number of carbonyl (C=O) groups is 4. The topological polar surface area (TPSA) is 154 Å². The number of β-amino-alcohol motifs (C(OH)–C–C–N with tert-alkyl or cyclic N) is 1. The molecule has 1 heterocycles. The van der Waals surface area contributed by atoms with Crippen molar-refractivity contribution in [2.24, 2.45) is 5.73 Å². The van der Waals surface area contributed by atoms with Crippen LogP contribution in [0.5, 0.6) is 0 Å². The number of hydrogen-bond donors (Lipinski definition) is 5. The summed E-state index contributed by atoms with van der Waals surface area (Å²) in [6.45, 7) is 5.88. The predicted molar refractivity (Wildman–Crippen MR) is 173 cm³/mol. The number of carbonyl (C=O) groups excluding carboxylic acids is 4. The molecule has 4 atom stereocenters. The highest BCUT2D eigenvalue weighted by Crippen LogP contribution is 2.23. The summed E-state index contributed by atoms with van der Waals surface area (Å²) in [5.74, 6) is -0.902. The second-order valence-corrected chi connectivity index (χ2v) is 13.2. The van der Waals surface area contributed by atoms with Gasteiger partial charge in [0.25, 0.3) is 5.91 Å².